The highest BCUT2D eigenvalue weighted by atomic mass is 35.5. The van der Waals surface area contributed by atoms with Gasteiger partial charge in [0.25, 0.3) is 5.89 Å². The zero-order valence-electron chi connectivity index (χ0n) is 17.8. The fourth-order valence-corrected chi connectivity index (χ4v) is 4.31. The van der Waals surface area contributed by atoms with Crippen molar-refractivity contribution < 1.29 is 13.9 Å². The maximum absolute atomic E-state index is 13.5. The molecule has 0 unspecified atom stereocenters. The van der Waals surface area contributed by atoms with Crippen LogP contribution >= 0.6 is 11.6 Å². The third kappa shape index (κ3) is 3.28. The Morgan fingerprint density at radius 3 is 2.97 bits per heavy atom. The average molecular weight is 477 g/mol. The molecule has 11 nitrogen and oxygen atoms in total. The van der Waals surface area contributed by atoms with Crippen LogP contribution in [0, 0.1) is 0 Å². The van der Waals surface area contributed by atoms with E-state index in [1.54, 1.807) is 47.2 Å². The molecule has 0 saturated heterocycles. The number of imidazole rings is 1. The van der Waals surface area contributed by atoms with Crippen molar-refractivity contribution in [3.05, 3.63) is 77.0 Å². The van der Waals surface area contributed by atoms with Crippen LogP contribution in [-0.4, -0.2) is 59.2 Å². The molecule has 0 aromatic carbocycles. The molecule has 0 aliphatic carbocycles. The van der Waals surface area contributed by atoms with Gasteiger partial charge in [-0.15, -0.1) is 10.2 Å². The van der Waals surface area contributed by atoms with E-state index < -0.39 is 11.9 Å². The van der Waals surface area contributed by atoms with Gasteiger partial charge in [-0.05, 0) is 30.3 Å². The maximum Gasteiger partial charge on any atom is 0.312 e. The first kappa shape index (κ1) is 20.4. The van der Waals surface area contributed by atoms with Crippen LogP contribution in [0.3, 0.4) is 0 Å². The number of hydrogen-bond donors (Lipinski definition) is 1. The van der Waals surface area contributed by atoms with Gasteiger partial charge >= 0.3 is 11.8 Å². The molecule has 0 spiro atoms. The Balaban J connectivity index is 1.37. The van der Waals surface area contributed by atoms with Crippen molar-refractivity contribution in [2.75, 3.05) is 13.7 Å². The van der Waals surface area contributed by atoms with E-state index in [-0.39, 0.29) is 11.8 Å². The van der Waals surface area contributed by atoms with E-state index in [1.165, 1.54) is 6.20 Å². The maximum atomic E-state index is 13.5. The number of methoxy groups -OCH3 is 1. The molecule has 170 valence electrons. The summed E-state index contributed by atoms with van der Waals surface area (Å²) in [4.78, 5) is 27.0. The van der Waals surface area contributed by atoms with E-state index >= 15 is 0 Å². The van der Waals surface area contributed by atoms with E-state index in [0.717, 1.165) is 16.9 Å². The fourth-order valence-electron chi connectivity index (χ4n) is 4.09. The van der Waals surface area contributed by atoms with Crippen LogP contribution in [0.5, 0.6) is 5.75 Å². The second kappa shape index (κ2) is 7.96. The molecular weight excluding hydrogens is 460 g/mol. The Morgan fingerprint density at radius 2 is 2.18 bits per heavy atom. The van der Waals surface area contributed by atoms with Gasteiger partial charge in [-0.1, -0.05) is 11.6 Å². The fraction of sp³-hybridized carbons (Fsp3) is 0.182. The number of nitrogens with zero attached hydrogens (tertiary/aromatic N) is 7. The molecule has 0 saturated carbocycles. The van der Waals surface area contributed by atoms with Crippen LogP contribution in [0.2, 0.25) is 5.02 Å². The van der Waals surface area contributed by atoms with Crippen LogP contribution in [0.1, 0.15) is 33.8 Å². The number of aromatic nitrogens is 7. The van der Waals surface area contributed by atoms with E-state index in [9.17, 15) is 4.79 Å². The second-order valence-electron chi connectivity index (χ2n) is 7.67. The first-order valence-corrected chi connectivity index (χ1v) is 10.8. The van der Waals surface area contributed by atoms with Crippen molar-refractivity contribution in [3.8, 4) is 17.3 Å². The number of ether oxygens (including phenoxy) is 1. The Bertz CT molecular complexity index is 1510. The number of halogens is 1. The Hall–Kier alpha value is -4.25. The summed E-state index contributed by atoms with van der Waals surface area (Å²) in [5.41, 5.74) is 3.47. The third-order valence-corrected chi connectivity index (χ3v) is 6.05. The van der Waals surface area contributed by atoms with Crippen LogP contribution < -0.4 is 4.74 Å². The molecule has 5 aromatic rings. The van der Waals surface area contributed by atoms with Gasteiger partial charge in [0, 0.05) is 24.9 Å². The van der Waals surface area contributed by atoms with Gasteiger partial charge in [-0.3, -0.25) is 4.79 Å². The van der Waals surface area contributed by atoms with Crippen LogP contribution in [0.4, 0.5) is 0 Å². The van der Waals surface area contributed by atoms with Gasteiger partial charge in [-0.2, -0.15) is 5.10 Å². The molecule has 6 rings (SSSR count). The summed E-state index contributed by atoms with van der Waals surface area (Å²) in [6, 6.07) is 8.32. The molecule has 5 aromatic heterocycles. The van der Waals surface area contributed by atoms with Gasteiger partial charge in [-0.25, -0.2) is 14.5 Å². The number of hydrogen-bond acceptors (Lipinski definition) is 8. The molecule has 1 amide bonds. The van der Waals surface area contributed by atoms with E-state index in [1.807, 2.05) is 12.1 Å². The van der Waals surface area contributed by atoms with Gasteiger partial charge < -0.3 is 19.0 Å². The topological polar surface area (TPSA) is 127 Å². The summed E-state index contributed by atoms with van der Waals surface area (Å²) in [6.45, 7) is 0.415. The largest absolute Gasteiger partial charge is 0.495 e. The van der Waals surface area contributed by atoms with Gasteiger partial charge in [0.1, 0.15) is 17.5 Å². The summed E-state index contributed by atoms with van der Waals surface area (Å²) in [6.07, 6.45) is 5.56. The lowest BCUT2D eigenvalue weighted by Crippen LogP contribution is -2.41. The number of carbonyl (C=O) groups is 1. The lowest BCUT2D eigenvalue weighted by molar-refractivity contribution is 0.0646. The second-order valence-corrected chi connectivity index (χ2v) is 8.08. The molecular formula is C22H17ClN8O3. The molecule has 34 heavy (non-hydrogen) atoms. The smallest absolute Gasteiger partial charge is 0.312 e. The highest BCUT2D eigenvalue weighted by Gasteiger charge is 2.38. The monoisotopic (exact) mass is 476 g/mol. The molecule has 0 bridgehead atoms. The number of rotatable bonds is 4. The third-order valence-electron chi connectivity index (χ3n) is 5.73. The number of aromatic amines is 1. The highest BCUT2D eigenvalue weighted by molar-refractivity contribution is 6.33. The van der Waals surface area contributed by atoms with Crippen LogP contribution in [-0.2, 0) is 6.42 Å². The van der Waals surface area contributed by atoms with Crippen LogP contribution in [0.15, 0.2) is 53.5 Å². The molecule has 0 radical (unpaired) electrons. The summed E-state index contributed by atoms with van der Waals surface area (Å²) >= 11 is 6.35. The van der Waals surface area contributed by atoms with Crippen molar-refractivity contribution >= 4 is 23.0 Å². The van der Waals surface area contributed by atoms with E-state index in [0.29, 0.717) is 35.1 Å². The molecule has 1 atom stereocenters. The zero-order valence-corrected chi connectivity index (χ0v) is 18.6. The van der Waals surface area contributed by atoms with E-state index in [4.69, 9.17) is 20.8 Å². The minimum atomic E-state index is -0.548. The van der Waals surface area contributed by atoms with Crippen molar-refractivity contribution in [3.63, 3.8) is 0 Å². The Labute approximate surface area is 197 Å². The van der Waals surface area contributed by atoms with Crippen LogP contribution in [0.25, 0.3) is 17.1 Å². The standard InChI is InChI=1S/C22H17ClN8O3/c1-33-12-4-5-15(24-10-12)20-27-28-21(34-20)22(32)30-8-6-14-18(26-11-25-14)19(30)16-9-17-13(23)3-2-7-31(17)29-16/h2-5,7,9-11,19H,6,8H2,1H3,(H,25,26)/t19-/m0/s1. The lowest BCUT2D eigenvalue weighted by Gasteiger charge is -2.32. The predicted octanol–water partition coefficient (Wildman–Crippen LogP) is 2.95. The van der Waals surface area contributed by atoms with Crippen molar-refractivity contribution in [2.24, 2.45) is 0 Å². The average Bonchev–Trinajstić information content (AvgIpc) is 3.62. The summed E-state index contributed by atoms with van der Waals surface area (Å²) in [5.74, 6) is 0.171. The Morgan fingerprint density at radius 1 is 1.26 bits per heavy atom. The number of fused-ring (bicyclic) bond motifs is 2. The number of pyridine rings is 2. The van der Waals surface area contributed by atoms with Crippen molar-refractivity contribution in [1.82, 2.24) is 39.7 Å². The van der Waals surface area contributed by atoms with Crippen molar-refractivity contribution in [2.45, 2.75) is 12.5 Å². The quantitative estimate of drug-likeness (QED) is 0.419. The van der Waals surface area contributed by atoms with Gasteiger partial charge in [0.2, 0.25) is 0 Å². The highest BCUT2D eigenvalue weighted by Crippen LogP contribution is 2.35. The number of carbonyl (C=O) groups excluding carboxylic acids is 1. The number of amides is 1. The summed E-state index contributed by atoms with van der Waals surface area (Å²) in [7, 11) is 1.55. The molecule has 1 N–H and O–H groups in total. The minimum Gasteiger partial charge on any atom is -0.495 e. The summed E-state index contributed by atoms with van der Waals surface area (Å²) < 4.78 is 12.5. The SMILES string of the molecule is COc1ccc(-c2nnc(C(=O)N3CCc4[nH]cnc4[C@@H]3c3cc4c(Cl)cccn4n3)o2)nc1. The normalized spacial score (nSPS) is 15.5. The molecule has 6 heterocycles. The first-order chi connectivity index (χ1) is 16.6. The van der Waals surface area contributed by atoms with Gasteiger partial charge in [0.05, 0.1) is 41.6 Å². The number of H-pyrrole nitrogens is 1. The van der Waals surface area contributed by atoms with Crippen molar-refractivity contribution in [1.29, 1.82) is 0 Å². The predicted molar refractivity (Wildman–Crippen MR) is 119 cm³/mol. The first-order valence-electron chi connectivity index (χ1n) is 10.4. The van der Waals surface area contributed by atoms with Gasteiger partial charge in [0.15, 0.2) is 0 Å². The number of nitrogens with one attached hydrogen (secondary N) is 1. The minimum absolute atomic E-state index is 0.138. The summed E-state index contributed by atoms with van der Waals surface area (Å²) in [5, 5.41) is 13.2. The molecule has 1 aliphatic rings. The molecule has 12 heteroatoms. The lowest BCUT2D eigenvalue weighted by atomic mass is 9.99. The Kier molecular flexibility index (Phi) is 4.77. The molecule has 0 fully saturated rings. The molecule has 1 aliphatic heterocycles. The van der Waals surface area contributed by atoms with E-state index in [2.05, 4.69) is 30.2 Å². The zero-order chi connectivity index (χ0) is 23.2.